The van der Waals surface area contributed by atoms with E-state index in [-0.39, 0.29) is 23.7 Å². The van der Waals surface area contributed by atoms with Gasteiger partial charge in [0, 0.05) is 23.3 Å². The molecule has 0 aliphatic heterocycles. The first-order valence-corrected chi connectivity index (χ1v) is 8.04. The number of allylic oxidation sites excluding steroid dienone is 1. The maximum Gasteiger partial charge on any atom is 0.327 e. The average Bonchev–Trinajstić information content (AvgIpc) is 2.72. The molecule has 108 valence electrons. The van der Waals surface area contributed by atoms with Gasteiger partial charge in [0.05, 0.1) is 5.69 Å². The molecule has 20 heavy (non-hydrogen) atoms. The third-order valence-electron chi connectivity index (χ3n) is 4.29. The molecule has 0 bridgehead atoms. The van der Waals surface area contributed by atoms with Gasteiger partial charge in [-0.1, -0.05) is 6.08 Å². The van der Waals surface area contributed by atoms with Crippen molar-refractivity contribution in [2.24, 2.45) is 17.8 Å². The second-order valence-electron chi connectivity index (χ2n) is 5.38. The lowest BCUT2D eigenvalue weighted by atomic mass is 9.77. The molecule has 1 aromatic heterocycles. The summed E-state index contributed by atoms with van der Waals surface area (Å²) in [5.41, 5.74) is 6.59. The Labute approximate surface area is 130 Å². The standard InChI is InChI=1S/C13H14Cl2N2O2S/c14-13(15)7-3-1-6(2-4-9(18)19)10(11(7)13)8-5-20-12(16)17-8/h2,4-7,10-11H,1,3H2,(H2,16,17)(H,18,19)/b4-2-. The Hall–Kier alpha value is -0.780. The Kier molecular flexibility index (Phi) is 3.47. The van der Waals surface area contributed by atoms with E-state index in [0.29, 0.717) is 5.13 Å². The molecule has 2 aliphatic carbocycles. The molecule has 4 unspecified atom stereocenters. The molecule has 2 saturated carbocycles. The molecular weight excluding hydrogens is 319 g/mol. The van der Waals surface area contributed by atoms with E-state index in [2.05, 4.69) is 4.98 Å². The number of nitrogens with two attached hydrogens (primary N) is 1. The van der Waals surface area contributed by atoms with Crippen LogP contribution in [0.15, 0.2) is 17.5 Å². The van der Waals surface area contributed by atoms with Gasteiger partial charge in [-0.05, 0) is 24.7 Å². The Bertz CT molecular complexity index is 572. The number of halogens is 2. The van der Waals surface area contributed by atoms with Gasteiger partial charge in [-0.3, -0.25) is 0 Å². The van der Waals surface area contributed by atoms with Crippen LogP contribution in [0.1, 0.15) is 24.5 Å². The fraction of sp³-hybridized carbons (Fsp3) is 0.538. The van der Waals surface area contributed by atoms with Crippen molar-refractivity contribution in [3.05, 3.63) is 23.2 Å². The van der Waals surface area contributed by atoms with Crippen LogP contribution in [0, 0.1) is 17.8 Å². The van der Waals surface area contributed by atoms with Crippen LogP contribution in [0.25, 0.3) is 0 Å². The zero-order valence-electron chi connectivity index (χ0n) is 10.5. The predicted molar refractivity (Wildman–Crippen MR) is 80.2 cm³/mol. The zero-order chi connectivity index (χ0) is 14.5. The summed E-state index contributed by atoms with van der Waals surface area (Å²) >= 11 is 14.1. The fourth-order valence-corrected chi connectivity index (χ4v) is 4.92. The van der Waals surface area contributed by atoms with Crippen LogP contribution in [0.2, 0.25) is 0 Å². The van der Waals surface area contributed by atoms with E-state index >= 15 is 0 Å². The second kappa shape index (κ2) is 4.90. The van der Waals surface area contributed by atoms with Crippen LogP contribution in [0.3, 0.4) is 0 Å². The number of nitrogens with zero attached hydrogens (tertiary/aromatic N) is 1. The molecule has 0 saturated heterocycles. The number of carboxylic acids is 1. The molecule has 0 amide bonds. The highest BCUT2D eigenvalue weighted by Crippen LogP contribution is 2.70. The van der Waals surface area contributed by atoms with Crippen molar-refractivity contribution >= 4 is 45.6 Å². The zero-order valence-corrected chi connectivity index (χ0v) is 12.8. The summed E-state index contributed by atoms with van der Waals surface area (Å²) in [6, 6.07) is 0. The number of thiazole rings is 1. The first kappa shape index (κ1) is 14.2. The van der Waals surface area contributed by atoms with Crippen LogP contribution >= 0.6 is 34.5 Å². The number of anilines is 1. The van der Waals surface area contributed by atoms with Crippen molar-refractivity contribution in [2.45, 2.75) is 23.1 Å². The third-order valence-corrected chi connectivity index (χ3v) is 6.05. The third kappa shape index (κ3) is 2.32. The SMILES string of the molecule is Nc1nc(C2C(/C=C\C(=O)O)CCC3C2C3(Cl)Cl)cs1. The van der Waals surface area contributed by atoms with Crippen LogP contribution in [-0.2, 0) is 4.79 Å². The normalized spacial score (nSPS) is 34.9. The predicted octanol–water partition coefficient (Wildman–Crippen LogP) is 3.28. The van der Waals surface area contributed by atoms with E-state index in [1.54, 1.807) is 6.08 Å². The molecule has 0 spiro atoms. The monoisotopic (exact) mass is 332 g/mol. The molecule has 0 aromatic carbocycles. The smallest absolute Gasteiger partial charge is 0.327 e. The molecule has 4 atom stereocenters. The molecule has 7 heteroatoms. The minimum absolute atomic E-state index is 0.0490. The molecule has 2 aliphatic rings. The van der Waals surface area contributed by atoms with E-state index in [1.807, 2.05) is 5.38 Å². The average molecular weight is 333 g/mol. The summed E-state index contributed by atoms with van der Waals surface area (Å²) in [7, 11) is 0. The molecule has 1 aromatic rings. The number of hydrogen-bond acceptors (Lipinski definition) is 4. The maximum atomic E-state index is 10.7. The summed E-state index contributed by atoms with van der Waals surface area (Å²) in [4.78, 5) is 15.1. The number of hydrogen-bond donors (Lipinski definition) is 2. The summed E-state index contributed by atoms with van der Waals surface area (Å²) in [6.07, 6.45) is 4.72. The highest BCUT2D eigenvalue weighted by Gasteiger charge is 2.68. The number of aromatic nitrogens is 1. The number of carbonyl (C=O) groups is 1. The highest BCUT2D eigenvalue weighted by atomic mass is 35.5. The van der Waals surface area contributed by atoms with E-state index in [9.17, 15) is 4.79 Å². The summed E-state index contributed by atoms with van der Waals surface area (Å²) in [5.74, 6) is -0.402. The van der Waals surface area contributed by atoms with Crippen molar-refractivity contribution in [2.75, 3.05) is 5.73 Å². The fourth-order valence-electron chi connectivity index (χ4n) is 3.37. The first-order chi connectivity index (χ1) is 9.41. The van der Waals surface area contributed by atoms with Crippen molar-refractivity contribution < 1.29 is 9.90 Å². The molecule has 4 nitrogen and oxygen atoms in total. The minimum atomic E-state index is -0.942. The van der Waals surface area contributed by atoms with E-state index in [0.717, 1.165) is 18.5 Å². The van der Waals surface area contributed by atoms with Gasteiger partial charge >= 0.3 is 5.97 Å². The van der Waals surface area contributed by atoms with Crippen LogP contribution < -0.4 is 5.73 Å². The van der Waals surface area contributed by atoms with Gasteiger partial charge in [0.15, 0.2) is 5.13 Å². The van der Waals surface area contributed by atoms with E-state index in [1.165, 1.54) is 17.4 Å². The van der Waals surface area contributed by atoms with Gasteiger partial charge < -0.3 is 10.8 Å². The van der Waals surface area contributed by atoms with Gasteiger partial charge in [-0.2, -0.15) is 0 Å². The summed E-state index contributed by atoms with van der Waals surface area (Å²) in [6.45, 7) is 0. The van der Waals surface area contributed by atoms with E-state index in [4.69, 9.17) is 34.0 Å². The minimum Gasteiger partial charge on any atom is -0.478 e. The number of carboxylic acid groups (broad SMARTS) is 1. The van der Waals surface area contributed by atoms with Gasteiger partial charge in [0.1, 0.15) is 4.33 Å². The van der Waals surface area contributed by atoms with Crippen LogP contribution in [0.5, 0.6) is 0 Å². The number of aliphatic carboxylic acids is 1. The van der Waals surface area contributed by atoms with Crippen molar-refractivity contribution in [1.82, 2.24) is 4.98 Å². The van der Waals surface area contributed by atoms with Gasteiger partial charge in [0.2, 0.25) is 0 Å². The van der Waals surface area contributed by atoms with E-state index < -0.39 is 10.3 Å². The lowest BCUT2D eigenvalue weighted by molar-refractivity contribution is -0.131. The van der Waals surface area contributed by atoms with Crippen molar-refractivity contribution in [3.63, 3.8) is 0 Å². The quantitative estimate of drug-likeness (QED) is 0.657. The molecule has 1 heterocycles. The molecule has 0 radical (unpaired) electrons. The first-order valence-electron chi connectivity index (χ1n) is 6.41. The lowest BCUT2D eigenvalue weighted by Gasteiger charge is -2.27. The molecule has 2 fully saturated rings. The highest BCUT2D eigenvalue weighted by molar-refractivity contribution is 7.13. The second-order valence-corrected chi connectivity index (χ2v) is 7.72. The van der Waals surface area contributed by atoms with Gasteiger partial charge in [-0.15, -0.1) is 34.5 Å². The van der Waals surface area contributed by atoms with Crippen molar-refractivity contribution in [3.8, 4) is 0 Å². The Morgan fingerprint density at radius 2 is 2.30 bits per heavy atom. The number of alkyl halides is 2. The Morgan fingerprint density at radius 3 is 2.90 bits per heavy atom. The topological polar surface area (TPSA) is 76.2 Å². The van der Waals surface area contributed by atoms with Crippen LogP contribution in [-0.4, -0.2) is 20.4 Å². The molecular formula is C13H14Cl2N2O2S. The largest absolute Gasteiger partial charge is 0.478 e. The maximum absolute atomic E-state index is 10.7. The lowest BCUT2D eigenvalue weighted by Crippen LogP contribution is -2.20. The van der Waals surface area contributed by atoms with Gasteiger partial charge in [-0.25, -0.2) is 9.78 Å². The number of nitrogen functional groups attached to an aromatic ring is 1. The summed E-state index contributed by atoms with van der Waals surface area (Å²) < 4.78 is -0.713. The van der Waals surface area contributed by atoms with Crippen LogP contribution in [0.4, 0.5) is 5.13 Å². The number of fused-ring (bicyclic) bond motifs is 1. The van der Waals surface area contributed by atoms with Gasteiger partial charge in [0.25, 0.3) is 0 Å². The summed E-state index contributed by atoms with van der Waals surface area (Å²) in [5, 5.41) is 11.2. The Balaban J connectivity index is 1.92. The number of rotatable bonds is 3. The Morgan fingerprint density at radius 1 is 1.55 bits per heavy atom. The molecule has 3 N–H and O–H groups in total. The van der Waals surface area contributed by atoms with Crippen molar-refractivity contribution in [1.29, 1.82) is 0 Å². The molecule has 3 rings (SSSR count).